The molecule has 2 N–H and O–H groups in total. The molecule has 0 aromatic carbocycles. The second-order valence-corrected chi connectivity index (χ2v) is 10.5. The number of thioether (sulfide) groups is 1. The molecule has 1 saturated carbocycles. The lowest BCUT2D eigenvalue weighted by Gasteiger charge is -2.23. The van der Waals surface area contributed by atoms with Crippen molar-refractivity contribution in [3.8, 4) is 0 Å². The largest absolute Gasteiger partial charge is 0.476 e. The Balaban J connectivity index is 1.82. The van der Waals surface area contributed by atoms with Gasteiger partial charge in [0.25, 0.3) is 0 Å². The molecule has 0 radical (unpaired) electrons. The average Bonchev–Trinajstić information content (AvgIpc) is 3.22. The molecule has 5 nitrogen and oxygen atoms in total. The third kappa shape index (κ3) is 7.33. The normalized spacial score (nSPS) is 22.2. The first-order valence-corrected chi connectivity index (χ1v) is 11.8. The van der Waals surface area contributed by atoms with Crippen LogP contribution in [0, 0.1) is 17.8 Å². The smallest absolute Gasteiger partial charge is 0.355 e. The molecule has 1 aromatic rings. The topological polar surface area (TPSA) is 87.5 Å². The summed E-state index contributed by atoms with van der Waals surface area (Å²) in [5.41, 5.74) is -0.615. The Hall–Kier alpha value is -1.18. The first kappa shape index (κ1) is 23.1. The minimum Gasteiger partial charge on any atom is -0.476 e. The summed E-state index contributed by atoms with van der Waals surface area (Å²) >= 11 is 2.84. The summed E-state index contributed by atoms with van der Waals surface area (Å²) in [5.74, 6) is 0.882. The molecule has 1 fully saturated rings. The molecule has 7 heteroatoms. The molecular formula is C21H31NO4S2. The van der Waals surface area contributed by atoms with Crippen LogP contribution in [0.1, 0.15) is 69.8 Å². The van der Waals surface area contributed by atoms with Crippen LogP contribution in [0.5, 0.6) is 0 Å². The highest BCUT2D eigenvalue weighted by atomic mass is 32.2. The number of aromatic nitrogens is 1. The molecule has 156 valence electrons. The van der Waals surface area contributed by atoms with Crippen molar-refractivity contribution in [3.05, 3.63) is 23.2 Å². The van der Waals surface area contributed by atoms with Gasteiger partial charge in [-0.3, -0.25) is 4.79 Å². The zero-order chi connectivity index (χ0) is 20.7. The number of carboxylic acids is 1. The van der Waals surface area contributed by atoms with Gasteiger partial charge in [0.05, 0.1) is 5.60 Å². The van der Waals surface area contributed by atoms with E-state index >= 15 is 0 Å². The van der Waals surface area contributed by atoms with E-state index in [0.29, 0.717) is 24.5 Å². The van der Waals surface area contributed by atoms with Crippen LogP contribution < -0.4 is 0 Å². The van der Waals surface area contributed by atoms with Gasteiger partial charge in [-0.2, -0.15) is 0 Å². The van der Waals surface area contributed by atoms with Crippen molar-refractivity contribution in [1.82, 2.24) is 4.98 Å². The maximum Gasteiger partial charge on any atom is 0.355 e. The molecule has 0 aliphatic heterocycles. The zero-order valence-electron chi connectivity index (χ0n) is 16.9. The third-order valence-electron chi connectivity index (χ3n) is 5.21. The van der Waals surface area contributed by atoms with Gasteiger partial charge < -0.3 is 10.2 Å². The van der Waals surface area contributed by atoms with Gasteiger partial charge in [-0.1, -0.05) is 37.8 Å². The first-order chi connectivity index (χ1) is 13.2. The molecule has 0 amide bonds. The standard InChI is InChI=1S/C21H31NO4S2/c1-14(2)8-11-21(3,26)10-4-5-15-6-7-18(23)16(15)9-12-27-20-22-17(13-28-20)19(24)25/h4-5,13-16,26H,6-12H2,1-3H3,(H,24,25)/t15-,16-,21?/m1/s1. The SMILES string of the molecule is CC(C)CCC(C)(O)CC=C[C@@H]1CCC(=O)[C@@H]1CCSc1nc(C(=O)O)cs1. The molecule has 1 unspecified atom stereocenters. The molecule has 28 heavy (non-hydrogen) atoms. The number of Topliss-reactive ketones (excluding diaryl/α,β-unsaturated/α-hetero) is 1. The number of carboxylic acid groups (broad SMARTS) is 1. The van der Waals surface area contributed by atoms with Crippen LogP contribution in [0.4, 0.5) is 0 Å². The van der Waals surface area contributed by atoms with Gasteiger partial charge in [0, 0.05) is 23.5 Å². The first-order valence-electron chi connectivity index (χ1n) is 9.91. The fraction of sp³-hybridized carbons (Fsp3) is 0.667. The van der Waals surface area contributed by atoms with Crippen molar-refractivity contribution < 1.29 is 19.8 Å². The van der Waals surface area contributed by atoms with Gasteiger partial charge in [0.2, 0.25) is 0 Å². The Labute approximate surface area is 175 Å². The van der Waals surface area contributed by atoms with E-state index in [4.69, 9.17) is 5.11 Å². The van der Waals surface area contributed by atoms with Crippen LogP contribution in [0.3, 0.4) is 0 Å². The van der Waals surface area contributed by atoms with Gasteiger partial charge in [-0.25, -0.2) is 9.78 Å². The lowest BCUT2D eigenvalue weighted by Crippen LogP contribution is -2.23. The van der Waals surface area contributed by atoms with Crippen LogP contribution in [0.25, 0.3) is 0 Å². The number of carbonyl (C=O) groups is 2. The lowest BCUT2D eigenvalue weighted by molar-refractivity contribution is -0.121. The van der Waals surface area contributed by atoms with E-state index in [1.807, 2.05) is 13.0 Å². The molecule has 1 heterocycles. The second-order valence-electron chi connectivity index (χ2n) is 8.28. The van der Waals surface area contributed by atoms with Gasteiger partial charge >= 0.3 is 5.97 Å². The maximum absolute atomic E-state index is 12.3. The van der Waals surface area contributed by atoms with Crippen molar-refractivity contribution in [3.63, 3.8) is 0 Å². The predicted octanol–water partition coefficient (Wildman–Crippen LogP) is 5.05. The third-order valence-corrected chi connectivity index (χ3v) is 7.27. The molecule has 0 spiro atoms. The van der Waals surface area contributed by atoms with Crippen LogP contribution in [-0.4, -0.2) is 38.3 Å². The van der Waals surface area contributed by atoms with Gasteiger partial charge in [0.15, 0.2) is 10.0 Å². The highest BCUT2D eigenvalue weighted by Gasteiger charge is 2.32. The van der Waals surface area contributed by atoms with E-state index in [-0.39, 0.29) is 17.5 Å². The van der Waals surface area contributed by atoms with Crippen molar-refractivity contribution in [2.45, 2.75) is 69.2 Å². The Bertz CT molecular complexity index is 696. The fourth-order valence-electron chi connectivity index (χ4n) is 3.43. The summed E-state index contributed by atoms with van der Waals surface area (Å²) in [4.78, 5) is 27.2. The van der Waals surface area contributed by atoms with Crippen LogP contribution in [0.15, 0.2) is 21.9 Å². The molecule has 0 bridgehead atoms. The molecule has 1 aliphatic carbocycles. The van der Waals surface area contributed by atoms with E-state index in [1.54, 1.807) is 5.38 Å². The number of allylic oxidation sites excluding steroid dienone is 1. The summed E-state index contributed by atoms with van der Waals surface area (Å²) in [6, 6.07) is 0. The summed E-state index contributed by atoms with van der Waals surface area (Å²) in [6.45, 7) is 6.20. The second kappa shape index (κ2) is 10.6. The predicted molar refractivity (Wildman–Crippen MR) is 114 cm³/mol. The fourth-order valence-corrected chi connectivity index (χ4v) is 5.33. The van der Waals surface area contributed by atoms with Gasteiger partial charge in [-0.15, -0.1) is 11.3 Å². The number of aliphatic hydroxyl groups is 1. The van der Waals surface area contributed by atoms with Crippen LogP contribution >= 0.6 is 23.1 Å². The summed E-state index contributed by atoms with van der Waals surface area (Å²) in [6.07, 6.45) is 8.83. The van der Waals surface area contributed by atoms with E-state index in [0.717, 1.165) is 35.8 Å². The minimum absolute atomic E-state index is 0.0169. The Morgan fingerprint density at radius 3 is 2.89 bits per heavy atom. The van der Waals surface area contributed by atoms with Crippen molar-refractivity contribution in [2.24, 2.45) is 17.8 Å². The molecule has 3 atom stereocenters. The molecule has 1 aliphatic rings. The highest BCUT2D eigenvalue weighted by Crippen LogP contribution is 2.35. The highest BCUT2D eigenvalue weighted by molar-refractivity contribution is 8.01. The number of ketones is 1. The number of aromatic carboxylic acids is 1. The number of carbonyl (C=O) groups excluding carboxylic acids is 1. The van der Waals surface area contributed by atoms with E-state index in [1.165, 1.54) is 23.1 Å². The Morgan fingerprint density at radius 2 is 2.25 bits per heavy atom. The van der Waals surface area contributed by atoms with Crippen molar-refractivity contribution in [1.29, 1.82) is 0 Å². The number of rotatable bonds is 11. The molecule has 1 aromatic heterocycles. The number of thiazole rings is 1. The summed E-state index contributed by atoms with van der Waals surface area (Å²) < 4.78 is 0.733. The maximum atomic E-state index is 12.3. The summed E-state index contributed by atoms with van der Waals surface area (Å²) in [5, 5.41) is 21.0. The number of hydrogen-bond donors (Lipinski definition) is 2. The van der Waals surface area contributed by atoms with Crippen molar-refractivity contribution >= 4 is 34.9 Å². The molecular weight excluding hydrogens is 394 g/mol. The van der Waals surface area contributed by atoms with E-state index < -0.39 is 11.6 Å². The van der Waals surface area contributed by atoms with Crippen LogP contribution in [0.2, 0.25) is 0 Å². The molecule has 2 rings (SSSR count). The Morgan fingerprint density at radius 1 is 1.50 bits per heavy atom. The van der Waals surface area contributed by atoms with E-state index in [2.05, 4.69) is 24.9 Å². The van der Waals surface area contributed by atoms with Crippen molar-refractivity contribution in [2.75, 3.05) is 5.75 Å². The number of hydrogen-bond acceptors (Lipinski definition) is 6. The zero-order valence-corrected chi connectivity index (χ0v) is 18.5. The van der Waals surface area contributed by atoms with Gasteiger partial charge in [0.1, 0.15) is 5.78 Å². The quantitative estimate of drug-likeness (QED) is 0.381. The van der Waals surface area contributed by atoms with Gasteiger partial charge in [-0.05, 0) is 50.9 Å². The monoisotopic (exact) mass is 425 g/mol. The Kier molecular flexibility index (Phi) is 8.71. The van der Waals surface area contributed by atoms with E-state index in [9.17, 15) is 14.7 Å². The number of nitrogens with zero attached hydrogens (tertiary/aromatic N) is 1. The minimum atomic E-state index is -1.01. The lowest BCUT2D eigenvalue weighted by atomic mass is 9.89. The average molecular weight is 426 g/mol. The summed E-state index contributed by atoms with van der Waals surface area (Å²) in [7, 11) is 0. The molecule has 0 saturated heterocycles. The van der Waals surface area contributed by atoms with Crippen LogP contribution in [-0.2, 0) is 4.79 Å².